The molecule has 3 aromatic rings. The average molecular weight is 336 g/mol. The highest BCUT2D eigenvalue weighted by molar-refractivity contribution is 6.03. The second-order valence-electron chi connectivity index (χ2n) is 5.34. The van der Waals surface area contributed by atoms with Gasteiger partial charge in [0, 0.05) is 11.1 Å². The fourth-order valence-corrected chi connectivity index (χ4v) is 2.51. The number of amides is 1. The molecule has 0 aliphatic rings. The highest BCUT2D eigenvalue weighted by Crippen LogP contribution is 2.26. The van der Waals surface area contributed by atoms with Gasteiger partial charge >= 0.3 is 0 Å². The molecule has 25 heavy (non-hydrogen) atoms. The molecule has 0 heterocycles. The molecule has 0 bridgehead atoms. The summed E-state index contributed by atoms with van der Waals surface area (Å²) in [5.74, 6) is -0.104. The summed E-state index contributed by atoms with van der Waals surface area (Å²) in [6.45, 7) is 2.44. The van der Waals surface area contributed by atoms with Gasteiger partial charge in [-0.15, -0.1) is 0 Å². The number of carbonyl (C=O) groups is 1. The lowest BCUT2D eigenvalue weighted by atomic mass is 10.0. The summed E-state index contributed by atoms with van der Waals surface area (Å²) in [7, 11) is 0. The zero-order valence-electron chi connectivity index (χ0n) is 13.7. The maximum Gasteiger partial charge on any atom is 0.271 e. The lowest BCUT2D eigenvalue weighted by Gasteiger charge is -2.10. The van der Waals surface area contributed by atoms with Crippen LogP contribution in [-0.4, -0.2) is 18.7 Å². The summed E-state index contributed by atoms with van der Waals surface area (Å²) < 4.78 is 18.6. The number of nitrogens with zero attached hydrogens (tertiary/aromatic N) is 1. The average Bonchev–Trinajstić information content (AvgIpc) is 2.64. The summed E-state index contributed by atoms with van der Waals surface area (Å²) in [5.41, 5.74) is 3.58. The van der Waals surface area contributed by atoms with E-state index in [0.717, 1.165) is 16.3 Å². The minimum atomic E-state index is -0.408. The van der Waals surface area contributed by atoms with Crippen LogP contribution in [0.15, 0.2) is 65.8 Å². The second-order valence-corrected chi connectivity index (χ2v) is 5.34. The molecule has 5 heteroatoms. The molecule has 0 aliphatic carbocycles. The van der Waals surface area contributed by atoms with Crippen LogP contribution < -0.4 is 10.2 Å². The Labute approximate surface area is 144 Å². The number of hydrazone groups is 1. The van der Waals surface area contributed by atoms with Gasteiger partial charge in [0.1, 0.15) is 11.6 Å². The Morgan fingerprint density at radius 1 is 1.12 bits per heavy atom. The summed E-state index contributed by atoms with van der Waals surface area (Å²) in [6, 6.07) is 17.0. The van der Waals surface area contributed by atoms with Crippen LogP contribution in [0.1, 0.15) is 22.8 Å². The number of hydrogen-bond donors (Lipinski definition) is 1. The summed E-state index contributed by atoms with van der Waals surface area (Å²) in [5, 5.41) is 6.07. The van der Waals surface area contributed by atoms with Gasteiger partial charge in [-0.25, -0.2) is 9.82 Å². The molecule has 0 atom stereocenters. The van der Waals surface area contributed by atoms with Crippen LogP contribution in [0, 0.1) is 5.82 Å². The van der Waals surface area contributed by atoms with E-state index in [1.54, 1.807) is 6.21 Å². The van der Waals surface area contributed by atoms with Crippen molar-refractivity contribution in [2.75, 3.05) is 6.61 Å². The minimum absolute atomic E-state index is 0.335. The molecule has 0 aliphatic heterocycles. The first-order valence-electron chi connectivity index (χ1n) is 7.92. The third-order valence-electron chi connectivity index (χ3n) is 3.70. The van der Waals surface area contributed by atoms with Crippen molar-refractivity contribution in [3.63, 3.8) is 0 Å². The topological polar surface area (TPSA) is 50.7 Å². The fraction of sp³-hybridized carbons (Fsp3) is 0.100. The molecule has 0 saturated heterocycles. The first-order chi connectivity index (χ1) is 12.2. The van der Waals surface area contributed by atoms with Gasteiger partial charge in [-0.05, 0) is 48.0 Å². The molecule has 0 spiro atoms. The molecule has 3 aromatic carbocycles. The monoisotopic (exact) mass is 336 g/mol. The minimum Gasteiger partial charge on any atom is -0.493 e. The van der Waals surface area contributed by atoms with Crippen molar-refractivity contribution < 1.29 is 13.9 Å². The van der Waals surface area contributed by atoms with E-state index in [2.05, 4.69) is 10.5 Å². The van der Waals surface area contributed by atoms with Gasteiger partial charge in [0.15, 0.2) is 0 Å². The van der Waals surface area contributed by atoms with Crippen molar-refractivity contribution in [2.45, 2.75) is 6.92 Å². The highest BCUT2D eigenvalue weighted by Gasteiger charge is 2.08. The van der Waals surface area contributed by atoms with Gasteiger partial charge < -0.3 is 4.74 Å². The van der Waals surface area contributed by atoms with Crippen molar-refractivity contribution in [1.82, 2.24) is 5.43 Å². The Hall–Kier alpha value is -3.21. The Kier molecular flexibility index (Phi) is 5.04. The molecule has 0 saturated carbocycles. The van der Waals surface area contributed by atoms with Crippen LogP contribution >= 0.6 is 0 Å². The lowest BCUT2D eigenvalue weighted by molar-refractivity contribution is 0.0955. The van der Waals surface area contributed by atoms with E-state index < -0.39 is 11.7 Å². The molecule has 126 valence electrons. The van der Waals surface area contributed by atoms with E-state index in [1.165, 1.54) is 24.3 Å². The molecule has 0 aromatic heterocycles. The fourth-order valence-electron chi connectivity index (χ4n) is 2.51. The van der Waals surface area contributed by atoms with E-state index in [4.69, 9.17) is 4.74 Å². The van der Waals surface area contributed by atoms with Crippen LogP contribution in [0.4, 0.5) is 4.39 Å². The smallest absolute Gasteiger partial charge is 0.271 e. The van der Waals surface area contributed by atoms with E-state index in [0.29, 0.717) is 17.9 Å². The van der Waals surface area contributed by atoms with Crippen LogP contribution in [0.3, 0.4) is 0 Å². The van der Waals surface area contributed by atoms with Crippen LogP contribution in [0.2, 0.25) is 0 Å². The first kappa shape index (κ1) is 16.6. The van der Waals surface area contributed by atoms with Crippen LogP contribution in [0.25, 0.3) is 10.8 Å². The summed E-state index contributed by atoms with van der Waals surface area (Å²) in [4.78, 5) is 12.0. The van der Waals surface area contributed by atoms with Gasteiger partial charge in [0.05, 0.1) is 12.8 Å². The Morgan fingerprint density at radius 2 is 1.88 bits per heavy atom. The molecule has 3 rings (SSSR count). The number of ether oxygens (including phenoxy) is 1. The number of fused-ring (bicyclic) bond motifs is 1. The third-order valence-corrected chi connectivity index (χ3v) is 3.70. The number of benzene rings is 3. The molecule has 4 nitrogen and oxygen atoms in total. The van der Waals surface area contributed by atoms with Crippen molar-refractivity contribution in [3.05, 3.63) is 77.6 Å². The van der Waals surface area contributed by atoms with Crippen molar-refractivity contribution in [1.29, 1.82) is 0 Å². The Balaban J connectivity index is 1.86. The predicted octanol–water partition coefficient (Wildman–Crippen LogP) is 4.14. The highest BCUT2D eigenvalue weighted by atomic mass is 19.1. The number of halogens is 1. The largest absolute Gasteiger partial charge is 0.493 e. The standard InChI is InChI=1S/C20H17FN2O2/c1-2-25-19-12-9-14-5-3-4-6-17(14)18(19)13-22-23-20(24)15-7-10-16(21)11-8-15/h3-13H,2H2,1H3,(H,23,24). The Bertz CT molecular complexity index is 921. The quantitative estimate of drug-likeness (QED) is 0.562. The maximum atomic E-state index is 12.9. The second kappa shape index (κ2) is 7.57. The van der Waals surface area contributed by atoms with Gasteiger partial charge in [-0.1, -0.05) is 30.3 Å². The van der Waals surface area contributed by atoms with E-state index in [9.17, 15) is 9.18 Å². The molecular weight excluding hydrogens is 319 g/mol. The number of hydrogen-bond acceptors (Lipinski definition) is 3. The van der Waals surface area contributed by atoms with Gasteiger partial charge in [-0.2, -0.15) is 5.10 Å². The lowest BCUT2D eigenvalue weighted by Crippen LogP contribution is -2.17. The Morgan fingerprint density at radius 3 is 2.64 bits per heavy atom. The number of carbonyl (C=O) groups excluding carboxylic acids is 1. The van der Waals surface area contributed by atoms with Gasteiger partial charge in [0.25, 0.3) is 5.91 Å². The molecule has 1 amide bonds. The summed E-state index contributed by atoms with van der Waals surface area (Å²) >= 11 is 0. The molecule has 0 fully saturated rings. The molecule has 0 unspecified atom stereocenters. The SMILES string of the molecule is CCOc1ccc2ccccc2c1C=NNC(=O)c1ccc(F)cc1. The third kappa shape index (κ3) is 3.83. The van der Waals surface area contributed by atoms with Crippen molar-refractivity contribution in [2.24, 2.45) is 5.10 Å². The van der Waals surface area contributed by atoms with Gasteiger partial charge in [0.2, 0.25) is 0 Å². The molecule has 0 radical (unpaired) electrons. The molecular formula is C20H17FN2O2. The van der Waals surface area contributed by atoms with Crippen LogP contribution in [-0.2, 0) is 0 Å². The zero-order valence-corrected chi connectivity index (χ0v) is 13.7. The van der Waals surface area contributed by atoms with Crippen molar-refractivity contribution in [3.8, 4) is 5.75 Å². The van der Waals surface area contributed by atoms with E-state index in [-0.39, 0.29) is 0 Å². The number of rotatable bonds is 5. The van der Waals surface area contributed by atoms with Gasteiger partial charge in [-0.3, -0.25) is 4.79 Å². The predicted molar refractivity (Wildman–Crippen MR) is 96.6 cm³/mol. The normalized spacial score (nSPS) is 11.0. The number of nitrogens with one attached hydrogen (secondary N) is 1. The maximum absolute atomic E-state index is 12.9. The summed E-state index contributed by atoms with van der Waals surface area (Å²) in [6.07, 6.45) is 1.56. The van der Waals surface area contributed by atoms with E-state index >= 15 is 0 Å². The van der Waals surface area contributed by atoms with E-state index in [1.807, 2.05) is 43.3 Å². The first-order valence-corrected chi connectivity index (χ1v) is 7.92. The zero-order chi connectivity index (χ0) is 17.6. The molecule has 1 N–H and O–H groups in total. The van der Waals surface area contributed by atoms with Crippen molar-refractivity contribution >= 4 is 22.9 Å². The van der Waals surface area contributed by atoms with Crippen LogP contribution in [0.5, 0.6) is 5.75 Å².